The van der Waals surface area contributed by atoms with Gasteiger partial charge in [-0.1, -0.05) is 26.2 Å². The van der Waals surface area contributed by atoms with Crippen molar-refractivity contribution in [2.45, 2.75) is 77.4 Å². The van der Waals surface area contributed by atoms with Crippen LogP contribution in [0.1, 0.15) is 59.3 Å². The minimum Gasteiger partial charge on any atom is -0.312 e. The Morgan fingerprint density at radius 3 is 2.00 bits per heavy atom. The maximum absolute atomic E-state index is 3.81. The molecule has 1 aliphatic carbocycles. The van der Waals surface area contributed by atoms with Gasteiger partial charge in [0.25, 0.3) is 0 Å². The first-order valence-corrected chi connectivity index (χ1v) is 8.92. The predicted octanol–water partition coefficient (Wildman–Crippen LogP) is 2.71. The average Bonchev–Trinajstić information content (AvgIpc) is 2.53. The Bertz CT molecular complexity index is 255. The van der Waals surface area contributed by atoms with Crippen LogP contribution in [0, 0.1) is 0 Å². The number of nitrogens with one attached hydrogen (secondary N) is 1. The van der Waals surface area contributed by atoms with Crippen LogP contribution in [0.3, 0.4) is 0 Å². The van der Waals surface area contributed by atoms with Gasteiger partial charge >= 0.3 is 0 Å². The first-order valence-electron chi connectivity index (χ1n) is 8.92. The normalized spacial score (nSPS) is 26.6. The number of nitrogens with zero attached hydrogens (tertiary/aromatic N) is 2. The van der Waals surface area contributed by atoms with Crippen LogP contribution in [0.15, 0.2) is 0 Å². The van der Waals surface area contributed by atoms with E-state index >= 15 is 0 Å². The third kappa shape index (κ3) is 4.71. The number of rotatable bonds is 6. The first-order chi connectivity index (χ1) is 9.70. The second kappa shape index (κ2) is 8.35. The quantitative estimate of drug-likeness (QED) is 0.807. The number of hydrogen-bond donors (Lipinski definition) is 1. The number of hydrogen-bond acceptors (Lipinski definition) is 3. The molecule has 20 heavy (non-hydrogen) atoms. The molecule has 0 bridgehead atoms. The lowest BCUT2D eigenvalue weighted by molar-refractivity contribution is 0.0758. The highest BCUT2D eigenvalue weighted by Gasteiger charge is 2.23. The summed E-state index contributed by atoms with van der Waals surface area (Å²) in [5, 5.41) is 3.81. The van der Waals surface area contributed by atoms with Crippen molar-refractivity contribution in [3.63, 3.8) is 0 Å². The van der Waals surface area contributed by atoms with Gasteiger partial charge in [0.05, 0.1) is 0 Å². The van der Waals surface area contributed by atoms with Gasteiger partial charge in [-0.2, -0.15) is 0 Å². The summed E-state index contributed by atoms with van der Waals surface area (Å²) in [6.07, 6.45) is 8.38. The van der Waals surface area contributed by atoms with Crippen molar-refractivity contribution in [3.05, 3.63) is 0 Å². The van der Waals surface area contributed by atoms with Crippen LogP contribution in [0.4, 0.5) is 0 Å². The Morgan fingerprint density at radius 1 is 0.900 bits per heavy atom. The summed E-state index contributed by atoms with van der Waals surface area (Å²) in [6.45, 7) is 13.2. The predicted molar refractivity (Wildman–Crippen MR) is 87.2 cm³/mol. The highest BCUT2D eigenvalue weighted by Crippen LogP contribution is 2.17. The molecule has 1 N–H and O–H groups in total. The molecular formula is C17H35N3. The van der Waals surface area contributed by atoms with Crippen molar-refractivity contribution >= 4 is 0 Å². The van der Waals surface area contributed by atoms with Crippen molar-refractivity contribution in [3.8, 4) is 0 Å². The zero-order valence-electron chi connectivity index (χ0n) is 13.9. The zero-order chi connectivity index (χ0) is 14.4. The average molecular weight is 281 g/mol. The Morgan fingerprint density at radius 2 is 1.45 bits per heavy atom. The van der Waals surface area contributed by atoms with E-state index in [1.165, 1.54) is 71.2 Å². The standard InChI is InChI=1S/C17H35N3/c1-4-15(2)19-10-12-20(13-11-19)16(3)14-18-17-8-6-5-7-9-17/h15-18H,4-14H2,1-3H3. The van der Waals surface area contributed by atoms with Crippen molar-refractivity contribution in [1.82, 2.24) is 15.1 Å². The van der Waals surface area contributed by atoms with Gasteiger partial charge in [-0.3, -0.25) is 9.80 Å². The molecule has 2 fully saturated rings. The molecule has 1 aliphatic heterocycles. The van der Waals surface area contributed by atoms with E-state index in [-0.39, 0.29) is 0 Å². The Balaban J connectivity index is 1.65. The summed E-state index contributed by atoms with van der Waals surface area (Å²) in [5.74, 6) is 0. The molecule has 2 unspecified atom stereocenters. The molecule has 0 amide bonds. The smallest absolute Gasteiger partial charge is 0.0193 e. The molecule has 2 atom stereocenters. The van der Waals surface area contributed by atoms with E-state index in [9.17, 15) is 0 Å². The van der Waals surface area contributed by atoms with E-state index in [1.54, 1.807) is 0 Å². The second-order valence-corrected chi connectivity index (χ2v) is 6.92. The first kappa shape index (κ1) is 16.3. The lowest BCUT2D eigenvalue weighted by Gasteiger charge is -2.41. The third-order valence-corrected chi connectivity index (χ3v) is 5.49. The molecule has 118 valence electrons. The van der Waals surface area contributed by atoms with Gasteiger partial charge in [-0.25, -0.2) is 0 Å². The van der Waals surface area contributed by atoms with E-state index in [0.29, 0.717) is 6.04 Å². The number of piperazine rings is 1. The molecule has 2 rings (SSSR count). The van der Waals surface area contributed by atoms with Crippen LogP contribution in [0.25, 0.3) is 0 Å². The van der Waals surface area contributed by atoms with Crippen LogP contribution < -0.4 is 5.32 Å². The van der Waals surface area contributed by atoms with E-state index in [1.807, 2.05) is 0 Å². The SMILES string of the molecule is CCC(C)N1CCN(C(C)CNC2CCCCC2)CC1. The molecule has 0 aromatic carbocycles. The second-order valence-electron chi connectivity index (χ2n) is 6.92. The molecule has 3 nitrogen and oxygen atoms in total. The fraction of sp³-hybridized carbons (Fsp3) is 1.00. The van der Waals surface area contributed by atoms with Crippen molar-refractivity contribution < 1.29 is 0 Å². The van der Waals surface area contributed by atoms with Gasteiger partial charge < -0.3 is 5.32 Å². The molecule has 0 aromatic heterocycles. The molecule has 0 spiro atoms. The molecule has 1 saturated carbocycles. The Kier molecular flexibility index (Phi) is 6.79. The maximum Gasteiger partial charge on any atom is 0.0193 e. The molecule has 0 aromatic rings. The molecule has 1 saturated heterocycles. The van der Waals surface area contributed by atoms with E-state index < -0.39 is 0 Å². The molecular weight excluding hydrogens is 246 g/mol. The fourth-order valence-electron chi connectivity index (χ4n) is 3.65. The van der Waals surface area contributed by atoms with Gasteiger partial charge in [0.15, 0.2) is 0 Å². The van der Waals surface area contributed by atoms with Gasteiger partial charge in [-0.15, -0.1) is 0 Å². The lowest BCUT2D eigenvalue weighted by Crippen LogP contribution is -2.54. The van der Waals surface area contributed by atoms with Crippen LogP contribution >= 0.6 is 0 Å². The van der Waals surface area contributed by atoms with E-state index in [2.05, 4.69) is 35.9 Å². The molecule has 2 aliphatic rings. The summed E-state index contributed by atoms with van der Waals surface area (Å²) < 4.78 is 0. The molecule has 0 radical (unpaired) electrons. The summed E-state index contributed by atoms with van der Waals surface area (Å²) in [4.78, 5) is 5.33. The third-order valence-electron chi connectivity index (χ3n) is 5.49. The highest BCUT2D eigenvalue weighted by molar-refractivity contribution is 4.81. The van der Waals surface area contributed by atoms with Gasteiger partial charge in [0.2, 0.25) is 0 Å². The summed E-state index contributed by atoms with van der Waals surface area (Å²) >= 11 is 0. The highest BCUT2D eigenvalue weighted by atomic mass is 15.3. The van der Waals surface area contributed by atoms with Gasteiger partial charge in [0.1, 0.15) is 0 Å². The zero-order valence-corrected chi connectivity index (χ0v) is 13.9. The summed E-state index contributed by atoms with van der Waals surface area (Å²) in [7, 11) is 0. The van der Waals surface area contributed by atoms with Crippen LogP contribution in [0.2, 0.25) is 0 Å². The Hall–Kier alpha value is -0.120. The minimum absolute atomic E-state index is 0.691. The topological polar surface area (TPSA) is 18.5 Å². The largest absolute Gasteiger partial charge is 0.312 e. The fourth-order valence-corrected chi connectivity index (χ4v) is 3.65. The minimum atomic E-state index is 0.691. The monoisotopic (exact) mass is 281 g/mol. The van der Waals surface area contributed by atoms with Crippen molar-refractivity contribution in [2.24, 2.45) is 0 Å². The van der Waals surface area contributed by atoms with Crippen molar-refractivity contribution in [2.75, 3.05) is 32.7 Å². The van der Waals surface area contributed by atoms with Crippen LogP contribution in [-0.2, 0) is 0 Å². The Labute approximate surface area is 126 Å². The van der Waals surface area contributed by atoms with Crippen LogP contribution in [0.5, 0.6) is 0 Å². The summed E-state index contributed by atoms with van der Waals surface area (Å²) in [6, 6.07) is 2.25. The molecule has 3 heteroatoms. The van der Waals surface area contributed by atoms with E-state index in [0.717, 1.165) is 12.1 Å². The maximum atomic E-state index is 3.81. The van der Waals surface area contributed by atoms with Crippen molar-refractivity contribution in [1.29, 1.82) is 0 Å². The van der Waals surface area contributed by atoms with Crippen LogP contribution in [-0.4, -0.2) is 60.6 Å². The van der Waals surface area contributed by atoms with Gasteiger partial charge in [0, 0.05) is 50.8 Å². The lowest BCUT2D eigenvalue weighted by atomic mass is 9.95. The summed E-state index contributed by atoms with van der Waals surface area (Å²) in [5.41, 5.74) is 0. The molecule has 1 heterocycles. The van der Waals surface area contributed by atoms with Gasteiger partial charge in [-0.05, 0) is 33.1 Å². The van der Waals surface area contributed by atoms with E-state index in [4.69, 9.17) is 0 Å².